The molecule has 5 heteroatoms. The highest BCUT2D eigenvalue weighted by Gasteiger charge is 2.15. The number of aryl methyl sites for hydroxylation is 1. The van der Waals surface area contributed by atoms with Crippen molar-refractivity contribution in [3.05, 3.63) is 70.8 Å². The first-order valence-corrected chi connectivity index (χ1v) is 9.30. The number of aliphatic hydroxyl groups is 1. The molecule has 0 unspecified atom stereocenters. The molecular formula is C21H24ClN3O. The number of anilines is 1. The van der Waals surface area contributed by atoms with Crippen LogP contribution in [0.4, 0.5) is 5.69 Å². The van der Waals surface area contributed by atoms with Gasteiger partial charge in [0.2, 0.25) is 0 Å². The molecule has 0 amide bonds. The molecule has 0 saturated carbocycles. The maximum absolute atomic E-state index is 9.68. The molecular weight excluding hydrogens is 346 g/mol. The first-order chi connectivity index (χ1) is 12.6. The fraction of sp³-hybridized carbons (Fsp3) is 0.286. The highest BCUT2D eigenvalue weighted by molar-refractivity contribution is 6.30. The molecule has 0 atom stereocenters. The van der Waals surface area contributed by atoms with Gasteiger partial charge in [-0.05, 0) is 23.6 Å². The summed E-state index contributed by atoms with van der Waals surface area (Å²) in [6.07, 6.45) is 2.99. The molecule has 0 aliphatic rings. The monoisotopic (exact) mass is 369 g/mol. The van der Waals surface area contributed by atoms with Gasteiger partial charge >= 0.3 is 0 Å². The number of unbranched alkanes of at least 4 members (excludes halogenated alkanes) is 1. The summed E-state index contributed by atoms with van der Waals surface area (Å²) in [4.78, 5) is 4.44. The Kier molecular flexibility index (Phi) is 5.96. The van der Waals surface area contributed by atoms with Crippen LogP contribution in [-0.4, -0.2) is 14.7 Å². The summed E-state index contributed by atoms with van der Waals surface area (Å²) in [5.74, 6) is 0.928. The van der Waals surface area contributed by atoms with Gasteiger partial charge in [-0.3, -0.25) is 0 Å². The standard InChI is InChI=1S/C21H24ClN3O/c1-2-3-8-20-24-21(22)19(14-26)25(20)13-15-9-11-16(12-10-15)17-6-4-5-7-18(17)23/h4-7,9-12,26H,2-3,8,13-14,23H2,1H3. The van der Waals surface area contributed by atoms with Gasteiger partial charge < -0.3 is 15.4 Å². The van der Waals surface area contributed by atoms with Crippen LogP contribution in [0.2, 0.25) is 5.15 Å². The van der Waals surface area contributed by atoms with Gasteiger partial charge in [0.25, 0.3) is 0 Å². The number of hydrogen-bond acceptors (Lipinski definition) is 3. The van der Waals surface area contributed by atoms with Crippen LogP contribution >= 0.6 is 11.6 Å². The van der Waals surface area contributed by atoms with Crippen LogP contribution in [0.1, 0.15) is 36.8 Å². The average molecular weight is 370 g/mol. The molecule has 3 aromatic rings. The van der Waals surface area contributed by atoms with Crippen LogP contribution in [0.15, 0.2) is 48.5 Å². The zero-order valence-corrected chi connectivity index (χ0v) is 15.7. The van der Waals surface area contributed by atoms with E-state index >= 15 is 0 Å². The van der Waals surface area contributed by atoms with Crippen molar-refractivity contribution in [1.82, 2.24) is 9.55 Å². The van der Waals surface area contributed by atoms with Gasteiger partial charge in [0, 0.05) is 24.2 Å². The van der Waals surface area contributed by atoms with Crippen LogP contribution in [-0.2, 0) is 19.6 Å². The summed E-state index contributed by atoms with van der Waals surface area (Å²) >= 11 is 6.21. The second-order valence-electron chi connectivity index (χ2n) is 6.40. The van der Waals surface area contributed by atoms with E-state index in [1.165, 1.54) is 0 Å². The number of aromatic nitrogens is 2. The van der Waals surface area contributed by atoms with Crippen molar-refractivity contribution in [2.24, 2.45) is 0 Å². The molecule has 136 valence electrons. The molecule has 0 spiro atoms. The molecule has 3 rings (SSSR count). The van der Waals surface area contributed by atoms with E-state index in [0.29, 0.717) is 17.4 Å². The van der Waals surface area contributed by atoms with E-state index in [0.717, 1.165) is 47.5 Å². The number of nitrogens with two attached hydrogens (primary N) is 1. The second kappa shape index (κ2) is 8.39. The lowest BCUT2D eigenvalue weighted by molar-refractivity contribution is 0.271. The quantitative estimate of drug-likeness (QED) is 0.595. The predicted molar refractivity (Wildman–Crippen MR) is 107 cm³/mol. The fourth-order valence-corrected chi connectivity index (χ4v) is 3.36. The van der Waals surface area contributed by atoms with Crippen molar-refractivity contribution in [3.63, 3.8) is 0 Å². The smallest absolute Gasteiger partial charge is 0.152 e. The van der Waals surface area contributed by atoms with Gasteiger partial charge in [-0.25, -0.2) is 4.98 Å². The number of hydrogen-bond donors (Lipinski definition) is 2. The Balaban J connectivity index is 1.86. The maximum Gasteiger partial charge on any atom is 0.152 e. The Labute approximate surface area is 159 Å². The summed E-state index contributed by atoms with van der Waals surface area (Å²) in [7, 11) is 0. The van der Waals surface area contributed by atoms with Crippen molar-refractivity contribution >= 4 is 17.3 Å². The Morgan fingerprint density at radius 3 is 2.50 bits per heavy atom. The number of nitrogen functional groups attached to an aromatic ring is 1. The number of imidazole rings is 1. The minimum Gasteiger partial charge on any atom is -0.398 e. The molecule has 0 fully saturated rings. The first-order valence-electron chi connectivity index (χ1n) is 8.92. The highest BCUT2D eigenvalue weighted by atomic mass is 35.5. The Morgan fingerprint density at radius 1 is 1.12 bits per heavy atom. The maximum atomic E-state index is 9.68. The van der Waals surface area contributed by atoms with E-state index in [4.69, 9.17) is 17.3 Å². The second-order valence-corrected chi connectivity index (χ2v) is 6.76. The lowest BCUT2D eigenvalue weighted by Gasteiger charge is -2.12. The third-order valence-corrected chi connectivity index (χ3v) is 4.88. The van der Waals surface area contributed by atoms with Gasteiger partial charge in [0.1, 0.15) is 5.82 Å². The zero-order valence-electron chi connectivity index (χ0n) is 15.0. The predicted octanol–water partition coefficient (Wildman–Crippen LogP) is 4.67. The minimum atomic E-state index is -0.114. The lowest BCUT2D eigenvalue weighted by Crippen LogP contribution is -2.09. The van der Waals surface area contributed by atoms with E-state index in [9.17, 15) is 5.11 Å². The van der Waals surface area contributed by atoms with Gasteiger partial charge in [-0.1, -0.05) is 67.4 Å². The Hall–Kier alpha value is -2.30. The third kappa shape index (κ3) is 3.92. The summed E-state index contributed by atoms with van der Waals surface area (Å²) in [5.41, 5.74) is 10.8. The molecule has 26 heavy (non-hydrogen) atoms. The van der Waals surface area contributed by atoms with Crippen LogP contribution < -0.4 is 5.73 Å². The molecule has 2 aromatic carbocycles. The number of nitrogens with zero attached hydrogens (tertiary/aromatic N) is 2. The van der Waals surface area contributed by atoms with Gasteiger partial charge in [0.05, 0.1) is 12.3 Å². The van der Waals surface area contributed by atoms with Crippen LogP contribution in [0, 0.1) is 0 Å². The van der Waals surface area contributed by atoms with Gasteiger partial charge in [-0.15, -0.1) is 0 Å². The fourth-order valence-electron chi connectivity index (χ4n) is 3.10. The van der Waals surface area contributed by atoms with E-state index in [2.05, 4.69) is 36.2 Å². The van der Waals surface area contributed by atoms with Crippen molar-refractivity contribution < 1.29 is 5.11 Å². The van der Waals surface area contributed by atoms with Crippen molar-refractivity contribution in [1.29, 1.82) is 0 Å². The Bertz CT molecular complexity index is 871. The van der Waals surface area contributed by atoms with Gasteiger partial charge in [0.15, 0.2) is 5.15 Å². The van der Waals surface area contributed by atoms with E-state index in [-0.39, 0.29) is 6.61 Å². The van der Waals surface area contributed by atoms with Gasteiger partial charge in [-0.2, -0.15) is 0 Å². The average Bonchev–Trinajstić information content (AvgIpc) is 2.95. The number of aliphatic hydroxyl groups excluding tert-OH is 1. The molecule has 4 nitrogen and oxygen atoms in total. The van der Waals surface area contributed by atoms with Crippen molar-refractivity contribution in [2.45, 2.75) is 39.3 Å². The first kappa shape index (κ1) is 18.5. The molecule has 0 aliphatic carbocycles. The van der Waals surface area contributed by atoms with Crippen molar-refractivity contribution in [2.75, 3.05) is 5.73 Å². The highest BCUT2D eigenvalue weighted by Crippen LogP contribution is 2.26. The summed E-state index contributed by atoms with van der Waals surface area (Å²) in [5, 5.41) is 10.1. The number of benzene rings is 2. The zero-order chi connectivity index (χ0) is 18.5. The van der Waals surface area contributed by atoms with Crippen LogP contribution in [0.3, 0.4) is 0 Å². The summed E-state index contributed by atoms with van der Waals surface area (Å²) < 4.78 is 2.03. The van der Waals surface area contributed by atoms with E-state index < -0.39 is 0 Å². The number of halogens is 1. The molecule has 0 bridgehead atoms. The number of para-hydroxylation sites is 1. The molecule has 1 aromatic heterocycles. The minimum absolute atomic E-state index is 0.114. The molecule has 3 N–H and O–H groups in total. The topological polar surface area (TPSA) is 64.1 Å². The molecule has 0 aliphatic heterocycles. The largest absolute Gasteiger partial charge is 0.398 e. The normalized spacial score (nSPS) is 11.0. The van der Waals surface area contributed by atoms with Crippen LogP contribution in [0.5, 0.6) is 0 Å². The Morgan fingerprint density at radius 2 is 1.85 bits per heavy atom. The third-order valence-electron chi connectivity index (χ3n) is 4.57. The lowest BCUT2D eigenvalue weighted by atomic mass is 10.0. The van der Waals surface area contributed by atoms with E-state index in [1.807, 2.05) is 28.8 Å². The van der Waals surface area contributed by atoms with Crippen molar-refractivity contribution in [3.8, 4) is 11.1 Å². The number of rotatable bonds is 7. The molecule has 0 saturated heterocycles. The van der Waals surface area contributed by atoms with Crippen LogP contribution in [0.25, 0.3) is 11.1 Å². The molecule has 1 heterocycles. The van der Waals surface area contributed by atoms with E-state index in [1.54, 1.807) is 0 Å². The molecule has 0 radical (unpaired) electrons. The summed E-state index contributed by atoms with van der Waals surface area (Å²) in [6, 6.07) is 16.2. The SMILES string of the molecule is CCCCc1nc(Cl)c(CO)n1Cc1ccc(-c2ccccc2N)cc1. The summed E-state index contributed by atoms with van der Waals surface area (Å²) in [6.45, 7) is 2.67.